The number of rotatable bonds is 5. The molecule has 0 aromatic heterocycles. The molecule has 1 aromatic rings. The zero-order valence-electron chi connectivity index (χ0n) is 12.6. The van der Waals surface area contributed by atoms with Gasteiger partial charge in [-0.3, -0.25) is 4.79 Å². The Morgan fingerprint density at radius 3 is 2.50 bits per heavy atom. The lowest BCUT2D eigenvalue weighted by Gasteiger charge is -2.24. The van der Waals surface area contributed by atoms with E-state index in [2.05, 4.69) is 19.2 Å². The number of amides is 1. The molecule has 0 aliphatic heterocycles. The first-order valence-electron chi connectivity index (χ1n) is 7.61. The zero-order chi connectivity index (χ0) is 14.6. The first kappa shape index (κ1) is 14.9. The van der Waals surface area contributed by atoms with Crippen molar-refractivity contribution in [2.24, 2.45) is 5.41 Å². The van der Waals surface area contributed by atoms with E-state index in [9.17, 15) is 4.79 Å². The summed E-state index contributed by atoms with van der Waals surface area (Å²) >= 11 is 0. The lowest BCUT2D eigenvalue weighted by molar-refractivity contribution is -0.121. The topological polar surface area (TPSA) is 55.1 Å². The number of nitrogens with two attached hydrogens (primary N) is 1. The van der Waals surface area contributed by atoms with Crippen LogP contribution in [0.2, 0.25) is 0 Å². The fraction of sp³-hybridized carbons (Fsp3) is 0.588. The van der Waals surface area contributed by atoms with Crippen molar-refractivity contribution < 1.29 is 4.79 Å². The molecule has 1 aliphatic carbocycles. The fourth-order valence-electron chi connectivity index (χ4n) is 3.01. The van der Waals surface area contributed by atoms with Crippen LogP contribution in [0.4, 0.5) is 5.69 Å². The number of nitrogens with one attached hydrogen (secondary N) is 1. The summed E-state index contributed by atoms with van der Waals surface area (Å²) < 4.78 is 0. The van der Waals surface area contributed by atoms with Crippen molar-refractivity contribution >= 4 is 11.6 Å². The summed E-state index contributed by atoms with van der Waals surface area (Å²) in [5, 5.41) is 3.11. The highest BCUT2D eigenvalue weighted by molar-refractivity contribution is 5.76. The van der Waals surface area contributed by atoms with Crippen LogP contribution in [0.15, 0.2) is 24.3 Å². The minimum atomic E-state index is 0.155. The minimum Gasteiger partial charge on any atom is -0.399 e. The van der Waals surface area contributed by atoms with Crippen LogP contribution in [0, 0.1) is 5.41 Å². The summed E-state index contributed by atoms with van der Waals surface area (Å²) in [5.41, 5.74) is 7.93. The third kappa shape index (κ3) is 3.99. The highest BCUT2D eigenvalue weighted by Gasteiger charge is 2.28. The Morgan fingerprint density at radius 2 is 1.90 bits per heavy atom. The number of carbonyl (C=O) groups excluding carboxylic acids is 1. The van der Waals surface area contributed by atoms with Gasteiger partial charge in [0, 0.05) is 18.7 Å². The van der Waals surface area contributed by atoms with E-state index in [4.69, 9.17) is 5.73 Å². The van der Waals surface area contributed by atoms with E-state index < -0.39 is 0 Å². The standard InChI is InChI=1S/C17H26N2O/c1-13(14-5-7-15(18)8-6-14)11-16(20)19-12-17(2)9-3-4-10-17/h5-8,13H,3-4,9-12,18H2,1-2H3,(H,19,20). The molecule has 0 radical (unpaired) electrons. The predicted molar refractivity (Wildman–Crippen MR) is 83.5 cm³/mol. The number of carbonyl (C=O) groups is 1. The molecule has 2 rings (SSSR count). The van der Waals surface area contributed by atoms with Crippen LogP contribution in [0.25, 0.3) is 0 Å². The van der Waals surface area contributed by atoms with E-state index in [0.717, 1.165) is 12.2 Å². The van der Waals surface area contributed by atoms with Gasteiger partial charge >= 0.3 is 0 Å². The molecule has 3 N–H and O–H groups in total. The van der Waals surface area contributed by atoms with Gasteiger partial charge in [0.15, 0.2) is 0 Å². The average molecular weight is 274 g/mol. The van der Waals surface area contributed by atoms with Crippen LogP contribution in [0.1, 0.15) is 57.4 Å². The van der Waals surface area contributed by atoms with Crippen LogP contribution >= 0.6 is 0 Å². The monoisotopic (exact) mass is 274 g/mol. The second-order valence-corrected chi connectivity index (χ2v) is 6.57. The van der Waals surface area contributed by atoms with Gasteiger partial charge in [-0.1, -0.05) is 38.8 Å². The molecule has 1 fully saturated rings. The van der Waals surface area contributed by atoms with Crippen molar-refractivity contribution in [1.82, 2.24) is 5.32 Å². The third-order valence-corrected chi connectivity index (χ3v) is 4.52. The van der Waals surface area contributed by atoms with E-state index in [1.165, 1.54) is 31.2 Å². The predicted octanol–water partition coefficient (Wildman–Crippen LogP) is 3.46. The van der Waals surface area contributed by atoms with E-state index in [0.29, 0.717) is 11.8 Å². The maximum absolute atomic E-state index is 12.1. The SMILES string of the molecule is CC(CC(=O)NCC1(C)CCCC1)c1ccc(N)cc1. The summed E-state index contributed by atoms with van der Waals surface area (Å²) in [4.78, 5) is 12.1. The smallest absolute Gasteiger partial charge is 0.220 e. The highest BCUT2D eigenvalue weighted by atomic mass is 16.1. The number of hydrogen-bond acceptors (Lipinski definition) is 2. The van der Waals surface area contributed by atoms with Crippen LogP contribution in [-0.4, -0.2) is 12.5 Å². The lowest BCUT2D eigenvalue weighted by atomic mass is 9.88. The molecular formula is C17H26N2O. The number of nitrogen functional groups attached to an aromatic ring is 1. The molecule has 3 nitrogen and oxygen atoms in total. The molecule has 1 amide bonds. The maximum Gasteiger partial charge on any atom is 0.220 e. The van der Waals surface area contributed by atoms with Crippen molar-refractivity contribution in [2.45, 2.75) is 51.9 Å². The number of anilines is 1. The van der Waals surface area contributed by atoms with Gasteiger partial charge in [-0.05, 0) is 41.9 Å². The van der Waals surface area contributed by atoms with Crippen molar-refractivity contribution in [3.63, 3.8) is 0 Å². The molecule has 1 aliphatic rings. The van der Waals surface area contributed by atoms with Gasteiger partial charge in [0.1, 0.15) is 0 Å². The quantitative estimate of drug-likeness (QED) is 0.808. The summed E-state index contributed by atoms with van der Waals surface area (Å²) in [6.45, 7) is 5.19. The Kier molecular flexibility index (Phi) is 4.69. The molecule has 0 spiro atoms. The Balaban J connectivity index is 1.80. The Hall–Kier alpha value is -1.51. The van der Waals surface area contributed by atoms with Gasteiger partial charge in [0.05, 0.1) is 0 Å². The summed E-state index contributed by atoms with van der Waals surface area (Å²) in [6, 6.07) is 7.80. The molecule has 0 saturated heterocycles. The molecule has 1 unspecified atom stereocenters. The molecule has 20 heavy (non-hydrogen) atoms. The van der Waals surface area contributed by atoms with Crippen LogP contribution < -0.4 is 11.1 Å². The van der Waals surface area contributed by atoms with Gasteiger partial charge in [-0.15, -0.1) is 0 Å². The van der Waals surface area contributed by atoms with E-state index >= 15 is 0 Å². The second-order valence-electron chi connectivity index (χ2n) is 6.57. The molecule has 3 heteroatoms. The largest absolute Gasteiger partial charge is 0.399 e. The molecule has 1 saturated carbocycles. The Bertz CT molecular complexity index is 447. The lowest BCUT2D eigenvalue weighted by Crippen LogP contribution is -2.34. The number of benzene rings is 1. The van der Waals surface area contributed by atoms with E-state index in [1.807, 2.05) is 24.3 Å². The van der Waals surface area contributed by atoms with Crippen LogP contribution in [0.3, 0.4) is 0 Å². The van der Waals surface area contributed by atoms with Crippen molar-refractivity contribution in [1.29, 1.82) is 0 Å². The maximum atomic E-state index is 12.1. The van der Waals surface area contributed by atoms with Gasteiger partial charge < -0.3 is 11.1 Å². The van der Waals surface area contributed by atoms with E-state index in [1.54, 1.807) is 0 Å². The summed E-state index contributed by atoms with van der Waals surface area (Å²) in [7, 11) is 0. The van der Waals surface area contributed by atoms with Crippen LogP contribution in [-0.2, 0) is 4.79 Å². The van der Waals surface area contributed by atoms with Crippen molar-refractivity contribution in [2.75, 3.05) is 12.3 Å². The molecule has 0 heterocycles. The average Bonchev–Trinajstić information content (AvgIpc) is 2.85. The Morgan fingerprint density at radius 1 is 1.30 bits per heavy atom. The normalized spacial score (nSPS) is 18.7. The van der Waals surface area contributed by atoms with Gasteiger partial charge in [-0.2, -0.15) is 0 Å². The van der Waals surface area contributed by atoms with Crippen molar-refractivity contribution in [3.05, 3.63) is 29.8 Å². The minimum absolute atomic E-state index is 0.155. The Labute approximate surface area is 121 Å². The molecule has 110 valence electrons. The molecule has 0 bridgehead atoms. The van der Waals surface area contributed by atoms with Crippen LogP contribution in [0.5, 0.6) is 0 Å². The highest BCUT2D eigenvalue weighted by Crippen LogP contribution is 2.36. The third-order valence-electron chi connectivity index (χ3n) is 4.52. The molecule has 1 atom stereocenters. The van der Waals surface area contributed by atoms with Gasteiger partial charge in [-0.25, -0.2) is 0 Å². The number of hydrogen-bond donors (Lipinski definition) is 2. The van der Waals surface area contributed by atoms with Gasteiger partial charge in [0.2, 0.25) is 5.91 Å². The van der Waals surface area contributed by atoms with Crippen molar-refractivity contribution in [3.8, 4) is 0 Å². The summed E-state index contributed by atoms with van der Waals surface area (Å²) in [6.07, 6.45) is 5.62. The van der Waals surface area contributed by atoms with Gasteiger partial charge in [0.25, 0.3) is 0 Å². The van der Waals surface area contributed by atoms with E-state index in [-0.39, 0.29) is 11.8 Å². The second kappa shape index (κ2) is 6.29. The molecular weight excluding hydrogens is 248 g/mol. The first-order valence-corrected chi connectivity index (χ1v) is 7.61. The first-order chi connectivity index (χ1) is 9.48. The fourth-order valence-corrected chi connectivity index (χ4v) is 3.01. The summed E-state index contributed by atoms with van der Waals surface area (Å²) in [5.74, 6) is 0.384. The molecule has 1 aromatic carbocycles. The zero-order valence-corrected chi connectivity index (χ0v) is 12.6.